The number of nitrogens with one attached hydrogen (secondary N) is 2. The number of nitro groups is 1. The number of rotatable bonds is 1. The van der Waals surface area contributed by atoms with Crippen molar-refractivity contribution >= 4 is 33.2 Å². The number of H-pyrrole nitrogens is 2. The average Bonchev–Trinajstić information content (AvgIpc) is 3.24. The van der Waals surface area contributed by atoms with Crippen molar-refractivity contribution < 1.29 is 25.3 Å². The number of nitro benzene ring substituents is 1. The van der Waals surface area contributed by atoms with E-state index in [1.54, 1.807) is 18.3 Å². The molecule has 28 heavy (non-hydrogen) atoms. The quantitative estimate of drug-likeness (QED) is 0.128. The minimum Gasteiger partial charge on any atom is -0.399 e. The molecule has 0 amide bonds. The van der Waals surface area contributed by atoms with E-state index >= 15 is 0 Å². The van der Waals surface area contributed by atoms with Gasteiger partial charge in [0.1, 0.15) is 12.1 Å². The van der Waals surface area contributed by atoms with E-state index < -0.39 is 4.92 Å². The number of aromatic nitrogens is 2. The van der Waals surface area contributed by atoms with Gasteiger partial charge in [0.05, 0.1) is 21.6 Å². The number of nitrogen functional groups attached to an aromatic ring is 1. The summed E-state index contributed by atoms with van der Waals surface area (Å²) in [5.74, 6) is 0. The minimum atomic E-state index is -0.466. The number of nitrogens with zero attached hydrogens (tertiary/aromatic N) is 3. The number of nitrogens with two attached hydrogens (primary N) is 1. The van der Waals surface area contributed by atoms with Crippen LogP contribution in [0.5, 0.6) is 0 Å². The van der Waals surface area contributed by atoms with Crippen molar-refractivity contribution in [3.63, 3.8) is 0 Å². The molecule has 0 bridgehead atoms. The maximum absolute atomic E-state index is 10.4. The number of fused-ring (bicyclic) bond motifs is 2. The number of nitriles is 2. The van der Waals surface area contributed by atoms with Crippen LogP contribution in [0.15, 0.2) is 48.8 Å². The van der Waals surface area contributed by atoms with Crippen molar-refractivity contribution in [2.45, 2.75) is 0 Å². The van der Waals surface area contributed by atoms with Crippen LogP contribution in [0, 0.1) is 40.2 Å². The monoisotopic (exact) mass is 465 g/mol. The summed E-state index contributed by atoms with van der Waals surface area (Å²) < 4.78 is 0. The summed E-state index contributed by atoms with van der Waals surface area (Å²) in [7, 11) is 0. The van der Waals surface area contributed by atoms with Crippen molar-refractivity contribution in [2.75, 3.05) is 5.73 Å². The zero-order chi connectivity index (χ0) is 18.7. The Balaban J connectivity index is 0.000000264. The topological polar surface area (TPSA) is 148 Å². The average molecular weight is 466 g/mol. The fourth-order valence-electron chi connectivity index (χ4n) is 2.56. The van der Waals surface area contributed by atoms with Crippen LogP contribution in [0.1, 0.15) is 11.1 Å². The molecule has 0 aliphatic rings. The van der Waals surface area contributed by atoms with E-state index in [2.05, 4.69) is 16.0 Å². The molecule has 2 aromatic carbocycles. The molecule has 0 atom stereocenters. The molecule has 9 heteroatoms. The smallest absolute Gasteiger partial charge is 0.271 e. The Bertz CT molecular complexity index is 1210. The Hall–Kier alpha value is -3.64. The normalized spacial score (nSPS) is 9.21. The second kappa shape index (κ2) is 9.34. The first kappa shape index (κ1) is 22.4. The molecular formula is C19H15N6O2Pd-. The Morgan fingerprint density at radius 1 is 0.929 bits per heavy atom. The molecule has 0 aliphatic carbocycles. The summed E-state index contributed by atoms with van der Waals surface area (Å²) in [6, 6.07) is 13.9. The maximum atomic E-state index is 10.4. The van der Waals surface area contributed by atoms with E-state index in [0.29, 0.717) is 27.7 Å². The number of aromatic amines is 2. The number of non-ortho nitro benzene ring substituents is 1. The van der Waals surface area contributed by atoms with Crippen molar-refractivity contribution in [1.29, 1.82) is 10.5 Å². The predicted octanol–water partition coefficient (Wildman–Crippen LogP) is 4.02. The fourth-order valence-corrected chi connectivity index (χ4v) is 2.56. The summed E-state index contributed by atoms with van der Waals surface area (Å²) in [5, 5.41) is 29.5. The first-order chi connectivity index (χ1) is 12.5. The SMILES string of the molecule is N#Cc1c[nH]c2cc(N)ccc12.N#Cc1c[nH]c2cc([N+](=O)[O-])ccc12.[CH3-].[Pd]. The third-order valence-electron chi connectivity index (χ3n) is 3.82. The molecule has 4 rings (SSSR count). The second-order valence-electron chi connectivity index (χ2n) is 5.42. The zero-order valence-electron chi connectivity index (χ0n) is 14.7. The molecule has 2 aromatic heterocycles. The summed E-state index contributed by atoms with van der Waals surface area (Å²) >= 11 is 0. The third kappa shape index (κ3) is 4.36. The largest absolute Gasteiger partial charge is 0.399 e. The van der Waals surface area contributed by atoms with Gasteiger partial charge in [-0.15, -0.1) is 0 Å². The Kier molecular flexibility index (Phi) is 7.48. The van der Waals surface area contributed by atoms with E-state index in [4.69, 9.17) is 16.3 Å². The van der Waals surface area contributed by atoms with Crippen molar-refractivity contribution in [2.24, 2.45) is 0 Å². The Morgan fingerprint density at radius 3 is 1.93 bits per heavy atom. The van der Waals surface area contributed by atoms with E-state index in [9.17, 15) is 10.1 Å². The van der Waals surface area contributed by atoms with Gasteiger partial charge in [0.25, 0.3) is 5.69 Å². The molecule has 144 valence electrons. The van der Waals surface area contributed by atoms with Gasteiger partial charge in [-0.3, -0.25) is 10.1 Å². The van der Waals surface area contributed by atoms with Gasteiger partial charge in [-0.25, -0.2) is 0 Å². The van der Waals surface area contributed by atoms with Gasteiger partial charge in [0.15, 0.2) is 0 Å². The van der Waals surface area contributed by atoms with Gasteiger partial charge in [0, 0.05) is 66.9 Å². The van der Waals surface area contributed by atoms with Gasteiger partial charge in [0.2, 0.25) is 0 Å². The number of benzene rings is 2. The van der Waals surface area contributed by atoms with E-state index in [1.165, 1.54) is 18.3 Å². The molecule has 0 aliphatic heterocycles. The summed E-state index contributed by atoms with van der Waals surface area (Å²) in [6.45, 7) is 0. The van der Waals surface area contributed by atoms with Crippen LogP contribution >= 0.6 is 0 Å². The number of hydrogen-bond acceptors (Lipinski definition) is 5. The summed E-state index contributed by atoms with van der Waals surface area (Å²) in [5.41, 5.74) is 8.96. The van der Waals surface area contributed by atoms with Crippen molar-refractivity contribution in [3.8, 4) is 12.1 Å². The molecule has 2 heterocycles. The van der Waals surface area contributed by atoms with Crippen LogP contribution in [0.25, 0.3) is 21.8 Å². The minimum absolute atomic E-state index is 0. The van der Waals surface area contributed by atoms with Gasteiger partial charge in [-0.05, 0) is 24.3 Å². The Labute approximate surface area is 174 Å². The molecule has 0 radical (unpaired) electrons. The number of anilines is 1. The van der Waals surface area contributed by atoms with Crippen LogP contribution in [-0.4, -0.2) is 14.9 Å². The third-order valence-corrected chi connectivity index (χ3v) is 3.82. The molecule has 8 nitrogen and oxygen atoms in total. The van der Waals surface area contributed by atoms with Gasteiger partial charge in [-0.2, -0.15) is 10.5 Å². The molecule has 0 saturated carbocycles. The second-order valence-corrected chi connectivity index (χ2v) is 5.42. The Morgan fingerprint density at radius 2 is 1.43 bits per heavy atom. The van der Waals surface area contributed by atoms with Crippen LogP contribution in [-0.2, 0) is 20.4 Å². The van der Waals surface area contributed by atoms with Crippen molar-refractivity contribution in [3.05, 3.63) is 77.5 Å². The number of hydrogen-bond donors (Lipinski definition) is 3. The first-order valence-corrected chi connectivity index (χ1v) is 7.46. The standard InChI is InChI=1S/C9H5N3O2.C9H7N3.CH3.Pd/c10-4-6-5-11-9-3-7(12(13)14)1-2-8(6)9;10-4-6-5-12-9-3-7(11)1-2-8(6)9;;/h1-3,5,11H;1-3,5,12H,11H2;1H3;/q;;-1;. The van der Waals surface area contributed by atoms with E-state index in [1.807, 2.05) is 18.2 Å². The van der Waals surface area contributed by atoms with Crippen LogP contribution < -0.4 is 5.73 Å². The van der Waals surface area contributed by atoms with Crippen molar-refractivity contribution in [1.82, 2.24) is 9.97 Å². The van der Waals surface area contributed by atoms with E-state index in [-0.39, 0.29) is 33.5 Å². The molecule has 0 spiro atoms. The fraction of sp³-hybridized carbons (Fsp3) is 0. The van der Waals surface area contributed by atoms with E-state index in [0.717, 1.165) is 10.9 Å². The summed E-state index contributed by atoms with van der Waals surface area (Å²) in [6.07, 6.45) is 3.22. The zero-order valence-corrected chi connectivity index (χ0v) is 16.2. The van der Waals surface area contributed by atoms with Crippen LogP contribution in [0.3, 0.4) is 0 Å². The van der Waals surface area contributed by atoms with Gasteiger partial charge in [-0.1, -0.05) is 0 Å². The van der Waals surface area contributed by atoms with Crippen LogP contribution in [0.4, 0.5) is 11.4 Å². The van der Waals surface area contributed by atoms with Gasteiger partial charge < -0.3 is 23.1 Å². The summed E-state index contributed by atoms with van der Waals surface area (Å²) in [4.78, 5) is 15.8. The van der Waals surface area contributed by atoms with Crippen LogP contribution in [0.2, 0.25) is 0 Å². The molecule has 0 fully saturated rings. The first-order valence-electron chi connectivity index (χ1n) is 7.46. The van der Waals surface area contributed by atoms with Gasteiger partial charge >= 0.3 is 0 Å². The maximum Gasteiger partial charge on any atom is 0.271 e. The molecule has 0 unspecified atom stereocenters. The molecule has 4 aromatic rings. The molecular weight excluding hydrogens is 451 g/mol. The molecule has 4 N–H and O–H groups in total. The predicted molar refractivity (Wildman–Crippen MR) is 104 cm³/mol. The molecule has 0 saturated heterocycles.